The van der Waals surface area contributed by atoms with Crippen LogP contribution in [0.25, 0.3) is 0 Å². The van der Waals surface area contributed by atoms with Gasteiger partial charge in [0, 0.05) is 12.0 Å². The summed E-state index contributed by atoms with van der Waals surface area (Å²) in [4.78, 5) is 0. The lowest BCUT2D eigenvalue weighted by atomic mass is 9.89. The SMILES string of the molecule is COc1ccc(C(F)(F)CC2CCNCC2)cc1Br. The van der Waals surface area contributed by atoms with Gasteiger partial charge >= 0.3 is 0 Å². The molecule has 0 bridgehead atoms. The van der Waals surface area contributed by atoms with Gasteiger partial charge in [-0.15, -0.1) is 0 Å². The molecule has 0 aliphatic carbocycles. The first-order valence-corrected chi connectivity index (χ1v) is 7.25. The first kappa shape index (κ1) is 14.7. The number of rotatable bonds is 4. The number of benzene rings is 1. The van der Waals surface area contributed by atoms with Crippen LogP contribution in [0.15, 0.2) is 22.7 Å². The molecule has 0 spiro atoms. The molecule has 1 heterocycles. The maximum atomic E-state index is 14.3. The second-order valence-corrected chi connectivity index (χ2v) is 5.81. The highest BCUT2D eigenvalue weighted by atomic mass is 79.9. The molecular formula is C14H18BrF2NO. The van der Waals surface area contributed by atoms with E-state index >= 15 is 0 Å². The minimum absolute atomic E-state index is 0.0544. The van der Waals surface area contributed by atoms with Crippen molar-refractivity contribution in [3.63, 3.8) is 0 Å². The summed E-state index contributed by atoms with van der Waals surface area (Å²) in [7, 11) is 1.52. The van der Waals surface area contributed by atoms with Crippen LogP contribution in [0.3, 0.4) is 0 Å². The second-order valence-electron chi connectivity index (χ2n) is 4.95. The first-order chi connectivity index (χ1) is 9.03. The van der Waals surface area contributed by atoms with Gasteiger partial charge in [-0.3, -0.25) is 0 Å². The molecule has 1 fully saturated rings. The molecule has 1 aliphatic rings. The number of piperidine rings is 1. The second kappa shape index (κ2) is 6.18. The van der Waals surface area contributed by atoms with Crippen LogP contribution in [0.5, 0.6) is 5.75 Å². The summed E-state index contributed by atoms with van der Waals surface area (Å²) in [5.41, 5.74) is 0.0544. The third-order valence-electron chi connectivity index (χ3n) is 3.58. The van der Waals surface area contributed by atoms with Gasteiger partial charge in [0.05, 0.1) is 11.6 Å². The summed E-state index contributed by atoms with van der Waals surface area (Å²) in [6.45, 7) is 1.68. The summed E-state index contributed by atoms with van der Waals surface area (Å²) in [5, 5.41) is 3.20. The van der Waals surface area contributed by atoms with E-state index in [-0.39, 0.29) is 17.9 Å². The third kappa shape index (κ3) is 3.66. The predicted octanol–water partition coefficient (Wildman–Crippen LogP) is 3.94. The number of alkyl halides is 2. The highest BCUT2D eigenvalue weighted by Crippen LogP contribution is 2.39. The van der Waals surface area contributed by atoms with E-state index < -0.39 is 5.92 Å². The van der Waals surface area contributed by atoms with Crippen LogP contribution in [0.4, 0.5) is 8.78 Å². The lowest BCUT2D eigenvalue weighted by molar-refractivity contribution is -0.0327. The molecule has 1 aromatic rings. The Kier molecular flexibility index (Phi) is 4.79. The highest BCUT2D eigenvalue weighted by molar-refractivity contribution is 9.10. The Hall–Kier alpha value is -0.680. The van der Waals surface area contributed by atoms with Crippen LogP contribution in [-0.4, -0.2) is 20.2 Å². The minimum atomic E-state index is -2.78. The van der Waals surface area contributed by atoms with E-state index in [1.807, 2.05) is 0 Å². The summed E-state index contributed by atoms with van der Waals surface area (Å²) in [6, 6.07) is 4.49. The number of hydrogen-bond donors (Lipinski definition) is 1. The Morgan fingerprint density at radius 1 is 1.37 bits per heavy atom. The number of ether oxygens (including phenoxy) is 1. The fraction of sp³-hybridized carbons (Fsp3) is 0.571. The van der Waals surface area contributed by atoms with Crippen LogP contribution in [0.2, 0.25) is 0 Å². The van der Waals surface area contributed by atoms with E-state index in [4.69, 9.17) is 4.74 Å². The first-order valence-electron chi connectivity index (χ1n) is 6.45. The van der Waals surface area contributed by atoms with Gasteiger partial charge in [0.1, 0.15) is 5.75 Å². The normalized spacial score (nSPS) is 17.5. The van der Waals surface area contributed by atoms with Crippen molar-refractivity contribution < 1.29 is 13.5 Å². The Balaban J connectivity index is 2.11. The average Bonchev–Trinajstić information content (AvgIpc) is 2.39. The Morgan fingerprint density at radius 2 is 2.05 bits per heavy atom. The lowest BCUT2D eigenvalue weighted by Crippen LogP contribution is -2.30. The van der Waals surface area contributed by atoms with Crippen molar-refractivity contribution in [3.8, 4) is 5.75 Å². The smallest absolute Gasteiger partial charge is 0.273 e. The monoisotopic (exact) mass is 333 g/mol. The predicted molar refractivity (Wildman–Crippen MR) is 74.8 cm³/mol. The van der Waals surface area contributed by atoms with Crippen molar-refractivity contribution in [2.45, 2.75) is 25.2 Å². The molecule has 1 aromatic carbocycles. The fourth-order valence-electron chi connectivity index (χ4n) is 2.46. The van der Waals surface area contributed by atoms with Gasteiger partial charge in [-0.25, -0.2) is 8.78 Å². The molecule has 106 valence electrons. The van der Waals surface area contributed by atoms with Crippen molar-refractivity contribution in [3.05, 3.63) is 28.2 Å². The van der Waals surface area contributed by atoms with Gasteiger partial charge in [0.15, 0.2) is 0 Å². The molecule has 0 unspecified atom stereocenters. The minimum Gasteiger partial charge on any atom is -0.496 e. The Labute approximate surface area is 120 Å². The standard InChI is InChI=1S/C14H18BrF2NO/c1-19-13-3-2-11(8-12(13)15)14(16,17)9-10-4-6-18-7-5-10/h2-3,8,10,18H,4-7,9H2,1H3. The van der Waals surface area contributed by atoms with Crippen LogP contribution in [0.1, 0.15) is 24.8 Å². The Bertz CT molecular complexity index is 433. The van der Waals surface area contributed by atoms with Crippen LogP contribution in [0, 0.1) is 5.92 Å². The van der Waals surface area contributed by atoms with Gasteiger partial charge in [-0.05, 0) is 66.0 Å². The van der Waals surface area contributed by atoms with Crippen LogP contribution in [-0.2, 0) is 5.92 Å². The summed E-state index contributed by atoms with van der Waals surface area (Å²) >= 11 is 3.26. The van der Waals surface area contributed by atoms with Gasteiger partial charge in [0.2, 0.25) is 0 Å². The zero-order valence-electron chi connectivity index (χ0n) is 10.9. The van der Waals surface area contributed by atoms with Crippen molar-refractivity contribution in [2.24, 2.45) is 5.92 Å². The molecule has 1 N–H and O–H groups in total. The molecule has 0 radical (unpaired) electrons. The van der Waals surface area contributed by atoms with E-state index in [2.05, 4.69) is 21.2 Å². The summed E-state index contributed by atoms with van der Waals surface area (Å²) in [5.74, 6) is -2.12. The van der Waals surface area contributed by atoms with E-state index in [1.165, 1.54) is 19.2 Å². The molecule has 0 saturated carbocycles. The van der Waals surface area contributed by atoms with Gasteiger partial charge in [0.25, 0.3) is 5.92 Å². The van der Waals surface area contributed by atoms with Crippen molar-refractivity contribution in [1.29, 1.82) is 0 Å². The number of methoxy groups -OCH3 is 1. The van der Waals surface area contributed by atoms with Crippen molar-refractivity contribution in [2.75, 3.05) is 20.2 Å². The number of nitrogens with one attached hydrogen (secondary N) is 1. The fourth-order valence-corrected chi connectivity index (χ4v) is 3.00. The molecule has 1 saturated heterocycles. The molecule has 0 amide bonds. The summed E-state index contributed by atoms with van der Waals surface area (Å²) < 4.78 is 34.2. The zero-order valence-corrected chi connectivity index (χ0v) is 12.5. The quantitative estimate of drug-likeness (QED) is 0.901. The number of hydrogen-bond acceptors (Lipinski definition) is 2. The third-order valence-corrected chi connectivity index (χ3v) is 4.20. The molecule has 2 nitrogen and oxygen atoms in total. The average molecular weight is 334 g/mol. The molecule has 0 atom stereocenters. The van der Waals surface area contributed by atoms with E-state index in [9.17, 15) is 8.78 Å². The van der Waals surface area contributed by atoms with E-state index in [0.29, 0.717) is 10.2 Å². The highest BCUT2D eigenvalue weighted by Gasteiger charge is 2.35. The zero-order chi connectivity index (χ0) is 13.9. The summed E-state index contributed by atoms with van der Waals surface area (Å²) in [6.07, 6.45) is 1.58. The molecular weight excluding hydrogens is 316 g/mol. The van der Waals surface area contributed by atoms with Gasteiger partial charge < -0.3 is 10.1 Å². The maximum absolute atomic E-state index is 14.3. The van der Waals surface area contributed by atoms with Crippen molar-refractivity contribution in [1.82, 2.24) is 5.32 Å². The maximum Gasteiger partial charge on any atom is 0.273 e. The molecule has 5 heteroatoms. The van der Waals surface area contributed by atoms with Gasteiger partial charge in [-0.1, -0.05) is 0 Å². The Morgan fingerprint density at radius 3 is 2.63 bits per heavy atom. The molecule has 0 aromatic heterocycles. The molecule has 2 rings (SSSR count). The topological polar surface area (TPSA) is 21.3 Å². The van der Waals surface area contributed by atoms with E-state index in [0.717, 1.165) is 25.9 Å². The lowest BCUT2D eigenvalue weighted by Gasteiger charge is -2.27. The van der Waals surface area contributed by atoms with Crippen LogP contribution >= 0.6 is 15.9 Å². The van der Waals surface area contributed by atoms with Gasteiger partial charge in [-0.2, -0.15) is 0 Å². The largest absolute Gasteiger partial charge is 0.496 e. The van der Waals surface area contributed by atoms with Crippen molar-refractivity contribution >= 4 is 15.9 Å². The van der Waals surface area contributed by atoms with E-state index in [1.54, 1.807) is 6.07 Å². The van der Waals surface area contributed by atoms with Crippen LogP contribution < -0.4 is 10.1 Å². The molecule has 19 heavy (non-hydrogen) atoms. The molecule has 1 aliphatic heterocycles. The number of halogens is 3.